The lowest BCUT2D eigenvalue weighted by Crippen LogP contribution is -2.17. The Hall–Kier alpha value is -2.88. The third-order valence-corrected chi connectivity index (χ3v) is 6.41. The van der Waals surface area contributed by atoms with Gasteiger partial charge in [0, 0.05) is 21.6 Å². The van der Waals surface area contributed by atoms with Gasteiger partial charge >= 0.3 is 5.97 Å². The van der Waals surface area contributed by atoms with E-state index in [1.165, 1.54) is 36.4 Å². The molecule has 0 radical (unpaired) electrons. The molecule has 0 aliphatic heterocycles. The average Bonchev–Trinajstić information content (AvgIpc) is 2.75. The molecule has 10 heteroatoms. The minimum Gasteiger partial charge on any atom is -0.478 e. The summed E-state index contributed by atoms with van der Waals surface area (Å²) >= 11 is 8.92. The first-order valence-corrected chi connectivity index (χ1v) is 11.6. The molecular formula is C21H16BrClN2O5S. The SMILES string of the molecule is O=C(Nc1ccc(Br)cc1C(=O)O)c1cccc(S(=O)(=O)Nc2ccc(CCl)cc2)c1. The third kappa shape index (κ3) is 5.63. The average molecular weight is 524 g/mol. The number of sulfonamides is 1. The quantitative estimate of drug-likeness (QED) is 0.380. The maximum Gasteiger partial charge on any atom is 0.337 e. The highest BCUT2D eigenvalue weighted by atomic mass is 79.9. The van der Waals surface area contributed by atoms with Gasteiger partial charge in [0.1, 0.15) is 0 Å². The first kappa shape index (κ1) is 22.8. The summed E-state index contributed by atoms with van der Waals surface area (Å²) in [6.45, 7) is 0. The molecule has 0 saturated heterocycles. The van der Waals surface area contributed by atoms with E-state index < -0.39 is 21.9 Å². The van der Waals surface area contributed by atoms with Gasteiger partial charge in [0.25, 0.3) is 15.9 Å². The standard InChI is InChI=1S/C21H16BrClN2O5S/c22-15-6-9-19(18(11-15)21(27)28)24-20(26)14-2-1-3-17(10-14)31(29,30)25-16-7-4-13(12-23)5-8-16/h1-11,25H,12H2,(H,24,26)(H,27,28). The number of carboxylic acids is 1. The fourth-order valence-electron chi connectivity index (χ4n) is 2.68. The highest BCUT2D eigenvalue weighted by Gasteiger charge is 2.18. The molecule has 3 aromatic carbocycles. The van der Waals surface area contributed by atoms with Crippen molar-refractivity contribution < 1.29 is 23.1 Å². The predicted molar refractivity (Wildman–Crippen MR) is 122 cm³/mol. The molecule has 0 unspecified atom stereocenters. The van der Waals surface area contributed by atoms with Gasteiger partial charge in [-0.1, -0.05) is 34.1 Å². The van der Waals surface area contributed by atoms with Crippen molar-refractivity contribution in [2.75, 3.05) is 10.0 Å². The van der Waals surface area contributed by atoms with E-state index in [-0.39, 0.29) is 21.7 Å². The van der Waals surface area contributed by atoms with Crippen LogP contribution in [0.4, 0.5) is 11.4 Å². The monoisotopic (exact) mass is 522 g/mol. The summed E-state index contributed by atoms with van der Waals surface area (Å²) in [5, 5.41) is 11.8. The fourth-order valence-corrected chi connectivity index (χ4v) is 4.32. The van der Waals surface area contributed by atoms with Crippen LogP contribution in [0.5, 0.6) is 0 Å². The van der Waals surface area contributed by atoms with E-state index >= 15 is 0 Å². The second kappa shape index (κ2) is 9.51. The number of carbonyl (C=O) groups is 2. The van der Waals surface area contributed by atoms with E-state index in [2.05, 4.69) is 26.0 Å². The maximum absolute atomic E-state index is 12.7. The van der Waals surface area contributed by atoms with Gasteiger partial charge in [0.05, 0.1) is 16.1 Å². The highest BCUT2D eigenvalue weighted by molar-refractivity contribution is 9.10. The van der Waals surface area contributed by atoms with Crippen molar-refractivity contribution in [3.63, 3.8) is 0 Å². The van der Waals surface area contributed by atoms with Gasteiger partial charge in [-0.05, 0) is 54.1 Å². The van der Waals surface area contributed by atoms with Crippen molar-refractivity contribution in [2.45, 2.75) is 10.8 Å². The Labute approximate surface area is 192 Å². The Morgan fingerprint density at radius 1 is 1.00 bits per heavy atom. The van der Waals surface area contributed by atoms with Gasteiger partial charge in [-0.15, -0.1) is 11.6 Å². The van der Waals surface area contributed by atoms with E-state index in [1.807, 2.05) is 0 Å². The van der Waals surface area contributed by atoms with Gasteiger partial charge in [-0.3, -0.25) is 9.52 Å². The molecule has 0 bridgehead atoms. The molecule has 0 aliphatic carbocycles. The van der Waals surface area contributed by atoms with Crippen LogP contribution in [0, 0.1) is 0 Å². The summed E-state index contributed by atoms with van der Waals surface area (Å²) in [4.78, 5) is 23.9. The van der Waals surface area contributed by atoms with Gasteiger partial charge in [-0.25, -0.2) is 13.2 Å². The van der Waals surface area contributed by atoms with Gasteiger partial charge < -0.3 is 10.4 Å². The van der Waals surface area contributed by atoms with Crippen LogP contribution in [-0.2, 0) is 15.9 Å². The number of halogens is 2. The van der Waals surface area contributed by atoms with E-state index in [4.69, 9.17) is 11.6 Å². The largest absolute Gasteiger partial charge is 0.478 e. The number of carbonyl (C=O) groups excluding carboxylic acids is 1. The number of carboxylic acid groups (broad SMARTS) is 1. The summed E-state index contributed by atoms with van der Waals surface area (Å²) in [6.07, 6.45) is 0. The third-order valence-electron chi connectivity index (χ3n) is 4.23. The molecular weight excluding hydrogens is 508 g/mol. The van der Waals surface area contributed by atoms with Crippen LogP contribution < -0.4 is 10.0 Å². The van der Waals surface area contributed by atoms with Crippen LogP contribution in [0.3, 0.4) is 0 Å². The summed E-state index contributed by atoms with van der Waals surface area (Å²) < 4.78 is 28.4. The lowest BCUT2D eigenvalue weighted by Gasteiger charge is -2.11. The zero-order valence-electron chi connectivity index (χ0n) is 15.8. The summed E-state index contributed by atoms with van der Waals surface area (Å²) in [6, 6.07) is 16.4. The van der Waals surface area contributed by atoms with E-state index in [0.717, 1.165) is 5.56 Å². The summed E-state index contributed by atoms with van der Waals surface area (Å²) in [5.74, 6) is -1.54. The fraction of sp³-hybridized carbons (Fsp3) is 0.0476. The van der Waals surface area contributed by atoms with Gasteiger partial charge in [0.15, 0.2) is 0 Å². The van der Waals surface area contributed by atoms with E-state index in [9.17, 15) is 23.1 Å². The lowest BCUT2D eigenvalue weighted by molar-refractivity contribution is 0.0698. The Bertz CT molecular complexity index is 1250. The van der Waals surface area contributed by atoms with Crippen LogP contribution in [0.15, 0.2) is 76.1 Å². The second-order valence-electron chi connectivity index (χ2n) is 6.41. The van der Waals surface area contributed by atoms with E-state index in [1.54, 1.807) is 30.3 Å². The highest BCUT2D eigenvalue weighted by Crippen LogP contribution is 2.23. The molecule has 3 N–H and O–H groups in total. The first-order chi connectivity index (χ1) is 14.7. The molecule has 160 valence electrons. The molecule has 0 spiro atoms. The van der Waals surface area contributed by atoms with Crippen LogP contribution in [0.2, 0.25) is 0 Å². The number of amides is 1. The van der Waals surface area contributed by atoms with Crippen LogP contribution >= 0.6 is 27.5 Å². The molecule has 0 atom stereocenters. The number of rotatable bonds is 7. The molecule has 0 aromatic heterocycles. The molecule has 1 amide bonds. The van der Waals surface area contributed by atoms with Crippen molar-refractivity contribution in [1.82, 2.24) is 0 Å². The minimum atomic E-state index is -3.95. The number of benzene rings is 3. The number of hydrogen-bond acceptors (Lipinski definition) is 4. The molecule has 0 heterocycles. The molecule has 3 aromatic rings. The smallest absolute Gasteiger partial charge is 0.337 e. The molecule has 0 aliphatic rings. The summed E-state index contributed by atoms with van der Waals surface area (Å²) in [5.41, 5.74) is 1.24. The molecule has 3 rings (SSSR count). The van der Waals surface area contributed by atoms with Gasteiger partial charge in [0.2, 0.25) is 0 Å². The van der Waals surface area contributed by atoms with Crippen molar-refractivity contribution in [3.8, 4) is 0 Å². The Morgan fingerprint density at radius 3 is 2.35 bits per heavy atom. The number of aromatic carboxylic acids is 1. The van der Waals surface area contributed by atoms with Crippen LogP contribution in [0.25, 0.3) is 0 Å². The maximum atomic E-state index is 12.7. The molecule has 0 fully saturated rings. The topological polar surface area (TPSA) is 113 Å². The minimum absolute atomic E-state index is 0.0552. The van der Waals surface area contributed by atoms with Crippen molar-refractivity contribution >= 4 is 60.8 Å². The van der Waals surface area contributed by atoms with Crippen molar-refractivity contribution in [2.24, 2.45) is 0 Å². The van der Waals surface area contributed by atoms with Crippen molar-refractivity contribution in [1.29, 1.82) is 0 Å². The van der Waals surface area contributed by atoms with E-state index in [0.29, 0.717) is 16.0 Å². The Kier molecular flexibility index (Phi) is 6.99. The summed E-state index contributed by atoms with van der Waals surface area (Å²) in [7, 11) is -3.95. The first-order valence-electron chi connectivity index (χ1n) is 8.81. The molecule has 0 saturated carbocycles. The number of alkyl halides is 1. The normalized spacial score (nSPS) is 11.0. The number of nitrogens with one attached hydrogen (secondary N) is 2. The molecule has 31 heavy (non-hydrogen) atoms. The Morgan fingerprint density at radius 2 is 1.71 bits per heavy atom. The zero-order valence-corrected chi connectivity index (χ0v) is 19.0. The zero-order chi connectivity index (χ0) is 22.6. The predicted octanol–water partition coefficient (Wildman–Crippen LogP) is 4.94. The van der Waals surface area contributed by atoms with Crippen molar-refractivity contribution in [3.05, 3.63) is 87.9 Å². The van der Waals surface area contributed by atoms with Crippen LogP contribution in [0.1, 0.15) is 26.3 Å². The number of anilines is 2. The van der Waals surface area contributed by atoms with Crippen LogP contribution in [-0.4, -0.2) is 25.4 Å². The van der Waals surface area contributed by atoms with Gasteiger partial charge in [-0.2, -0.15) is 0 Å². The lowest BCUT2D eigenvalue weighted by atomic mass is 10.1. The molecule has 7 nitrogen and oxygen atoms in total. The second-order valence-corrected chi connectivity index (χ2v) is 9.28. The Balaban J connectivity index is 1.83. The number of hydrogen-bond donors (Lipinski definition) is 3.